The first-order chi connectivity index (χ1) is 14.8. The molecule has 7 nitrogen and oxygen atoms in total. The van der Waals surface area contributed by atoms with Crippen LogP contribution in [-0.2, 0) is 11.3 Å². The number of piperazine rings is 1. The van der Waals surface area contributed by atoms with Gasteiger partial charge in [0, 0.05) is 37.3 Å². The zero-order chi connectivity index (χ0) is 22.5. The zero-order valence-electron chi connectivity index (χ0n) is 17.5. The van der Waals surface area contributed by atoms with E-state index in [-0.39, 0.29) is 47.3 Å². The number of carboxylic acids is 1. The molecule has 1 aliphatic rings. The van der Waals surface area contributed by atoms with Crippen molar-refractivity contribution in [3.63, 3.8) is 0 Å². The fraction of sp³-hybridized carbons (Fsp3) is 0.348. The summed E-state index contributed by atoms with van der Waals surface area (Å²) in [5.41, 5.74) is 1.06. The Morgan fingerprint density at radius 3 is 2.48 bits per heavy atom. The number of benzene rings is 2. The molecular formula is C23H25FN2O5. The van der Waals surface area contributed by atoms with Crippen molar-refractivity contribution in [1.29, 1.82) is 0 Å². The van der Waals surface area contributed by atoms with Crippen molar-refractivity contribution < 1.29 is 28.6 Å². The third-order valence-electron chi connectivity index (χ3n) is 5.46. The maximum atomic E-state index is 13.1. The number of nitrogens with zero attached hydrogens (tertiary/aromatic N) is 2. The van der Waals surface area contributed by atoms with Crippen LogP contribution in [0.3, 0.4) is 0 Å². The van der Waals surface area contributed by atoms with Crippen LogP contribution in [0, 0.1) is 5.82 Å². The maximum absolute atomic E-state index is 13.1. The predicted octanol–water partition coefficient (Wildman–Crippen LogP) is 2.84. The molecule has 0 radical (unpaired) electrons. The summed E-state index contributed by atoms with van der Waals surface area (Å²) in [6.07, 6.45) is 0.551. The summed E-state index contributed by atoms with van der Waals surface area (Å²) in [6, 6.07) is 10.5. The summed E-state index contributed by atoms with van der Waals surface area (Å²) in [6.45, 7) is 5.49. The number of amides is 1. The first kappa shape index (κ1) is 22.4. The summed E-state index contributed by atoms with van der Waals surface area (Å²) < 4.78 is 18.6. The monoisotopic (exact) mass is 428 g/mol. The van der Waals surface area contributed by atoms with Gasteiger partial charge in [0.05, 0.1) is 0 Å². The molecule has 2 aromatic carbocycles. The number of carbonyl (C=O) groups is 3. The molecule has 1 amide bonds. The van der Waals surface area contributed by atoms with Gasteiger partial charge in [0.2, 0.25) is 0 Å². The van der Waals surface area contributed by atoms with Gasteiger partial charge in [-0.15, -0.1) is 0 Å². The normalized spacial score (nSPS) is 19.1. The third-order valence-corrected chi connectivity index (χ3v) is 5.46. The lowest BCUT2D eigenvalue weighted by Gasteiger charge is -2.44. The second kappa shape index (κ2) is 9.70. The van der Waals surface area contributed by atoms with E-state index in [0.717, 1.165) is 5.56 Å². The van der Waals surface area contributed by atoms with Crippen LogP contribution in [0.1, 0.15) is 40.1 Å². The molecule has 1 fully saturated rings. The van der Waals surface area contributed by atoms with Crippen molar-refractivity contribution in [2.24, 2.45) is 0 Å². The first-order valence-electron chi connectivity index (χ1n) is 10.0. The molecule has 164 valence electrons. The van der Waals surface area contributed by atoms with Gasteiger partial charge in [0.25, 0.3) is 5.91 Å². The van der Waals surface area contributed by atoms with Crippen LogP contribution >= 0.6 is 0 Å². The Hall–Kier alpha value is -3.26. The number of halogens is 1. The minimum atomic E-state index is -1.23. The summed E-state index contributed by atoms with van der Waals surface area (Å²) in [5.74, 6) is -1.70. The van der Waals surface area contributed by atoms with Crippen molar-refractivity contribution in [3.8, 4) is 5.75 Å². The van der Waals surface area contributed by atoms with E-state index < -0.39 is 5.97 Å². The zero-order valence-corrected chi connectivity index (χ0v) is 17.5. The Labute approximate surface area is 180 Å². The molecular weight excluding hydrogens is 403 g/mol. The lowest BCUT2D eigenvalue weighted by Crippen LogP contribution is -2.58. The van der Waals surface area contributed by atoms with E-state index in [2.05, 4.69) is 4.90 Å². The quantitative estimate of drug-likeness (QED) is 0.683. The highest BCUT2D eigenvalue weighted by molar-refractivity contribution is 5.93. The van der Waals surface area contributed by atoms with E-state index in [1.807, 2.05) is 13.8 Å². The van der Waals surface area contributed by atoms with Crippen LogP contribution in [0.4, 0.5) is 4.39 Å². The van der Waals surface area contributed by atoms with Gasteiger partial charge in [-0.1, -0.05) is 12.1 Å². The predicted molar refractivity (Wildman–Crippen MR) is 112 cm³/mol. The van der Waals surface area contributed by atoms with E-state index in [1.54, 1.807) is 17.0 Å². The van der Waals surface area contributed by atoms with Crippen molar-refractivity contribution >= 4 is 18.2 Å². The Morgan fingerprint density at radius 1 is 1.13 bits per heavy atom. The molecule has 1 heterocycles. The number of hydrogen-bond donors (Lipinski definition) is 1. The molecule has 1 saturated heterocycles. The van der Waals surface area contributed by atoms with Gasteiger partial charge >= 0.3 is 5.97 Å². The average molecular weight is 428 g/mol. The van der Waals surface area contributed by atoms with Gasteiger partial charge in [-0.3, -0.25) is 14.5 Å². The van der Waals surface area contributed by atoms with E-state index in [4.69, 9.17) is 4.74 Å². The molecule has 0 aromatic heterocycles. The smallest absolute Gasteiger partial charge is 0.339 e. The molecule has 2 atom stereocenters. The van der Waals surface area contributed by atoms with Crippen LogP contribution < -0.4 is 4.74 Å². The number of carboxylic acid groups (broad SMARTS) is 1. The second-order valence-corrected chi connectivity index (χ2v) is 7.77. The molecule has 2 aromatic rings. The van der Waals surface area contributed by atoms with Crippen molar-refractivity contribution in [2.75, 3.05) is 19.7 Å². The molecule has 31 heavy (non-hydrogen) atoms. The number of hydrogen-bond acceptors (Lipinski definition) is 5. The van der Waals surface area contributed by atoms with Gasteiger partial charge in [-0.25, -0.2) is 9.18 Å². The molecule has 0 unspecified atom stereocenters. The lowest BCUT2D eigenvalue weighted by atomic mass is 10.1. The first-order valence-corrected chi connectivity index (χ1v) is 10.0. The molecule has 0 spiro atoms. The van der Waals surface area contributed by atoms with Gasteiger partial charge in [-0.2, -0.15) is 0 Å². The Bertz CT molecular complexity index is 963. The molecule has 1 N–H and O–H groups in total. The highest BCUT2D eigenvalue weighted by atomic mass is 19.1. The maximum Gasteiger partial charge on any atom is 0.339 e. The topological polar surface area (TPSA) is 87.1 Å². The minimum absolute atomic E-state index is 0.0436. The summed E-state index contributed by atoms with van der Waals surface area (Å²) in [7, 11) is 0. The molecule has 1 aliphatic heterocycles. The highest BCUT2D eigenvalue weighted by Crippen LogP contribution is 2.22. The van der Waals surface area contributed by atoms with Crippen LogP contribution in [-0.4, -0.2) is 64.8 Å². The fourth-order valence-corrected chi connectivity index (χ4v) is 3.73. The highest BCUT2D eigenvalue weighted by Gasteiger charge is 2.32. The molecule has 0 aliphatic carbocycles. The standard InChI is InChI=1S/C23H25FN2O5/c1-15-11-26(16(2)10-25(15)12-17-3-6-19(24)7-4-17)22(28)14-31-21-8-5-18(13-27)9-20(21)23(29)30/h3-9,13,15-16H,10-12,14H2,1-2H3,(H,29,30)/t15-,16+/m1/s1. The number of carbonyl (C=O) groups excluding carboxylic acids is 2. The number of aromatic carboxylic acids is 1. The van der Waals surface area contributed by atoms with Crippen LogP contribution in [0.5, 0.6) is 5.75 Å². The largest absolute Gasteiger partial charge is 0.483 e. The SMILES string of the molecule is C[C@@H]1CN(C(=O)COc2ccc(C=O)cc2C(=O)O)[C@@H](C)CN1Cc1ccc(F)cc1. The number of ether oxygens (including phenoxy) is 1. The average Bonchev–Trinajstić information content (AvgIpc) is 2.75. The van der Waals surface area contributed by atoms with Gasteiger partial charge < -0.3 is 14.7 Å². The molecule has 0 saturated carbocycles. The van der Waals surface area contributed by atoms with E-state index in [0.29, 0.717) is 25.9 Å². The van der Waals surface area contributed by atoms with Gasteiger partial charge in [-0.05, 0) is 49.7 Å². The van der Waals surface area contributed by atoms with E-state index in [1.165, 1.54) is 30.3 Å². The second-order valence-electron chi connectivity index (χ2n) is 7.77. The third kappa shape index (κ3) is 5.46. The van der Waals surface area contributed by atoms with Crippen LogP contribution in [0.15, 0.2) is 42.5 Å². The van der Waals surface area contributed by atoms with Gasteiger partial charge in [0.15, 0.2) is 6.61 Å². The molecule has 0 bridgehead atoms. The minimum Gasteiger partial charge on any atom is -0.483 e. The lowest BCUT2D eigenvalue weighted by molar-refractivity contribution is -0.139. The van der Waals surface area contributed by atoms with Crippen molar-refractivity contribution in [1.82, 2.24) is 9.80 Å². The van der Waals surface area contributed by atoms with E-state index >= 15 is 0 Å². The van der Waals surface area contributed by atoms with Crippen LogP contribution in [0.2, 0.25) is 0 Å². The summed E-state index contributed by atoms with van der Waals surface area (Å²) >= 11 is 0. The Balaban J connectivity index is 1.61. The number of aldehydes is 1. The molecule has 8 heteroatoms. The van der Waals surface area contributed by atoms with Gasteiger partial charge in [0.1, 0.15) is 23.4 Å². The Kier molecular flexibility index (Phi) is 7.02. The van der Waals surface area contributed by atoms with Crippen molar-refractivity contribution in [2.45, 2.75) is 32.5 Å². The summed E-state index contributed by atoms with van der Waals surface area (Å²) in [4.78, 5) is 39.0. The molecule has 3 rings (SSSR count). The van der Waals surface area contributed by atoms with Crippen molar-refractivity contribution in [3.05, 3.63) is 65.0 Å². The van der Waals surface area contributed by atoms with E-state index in [9.17, 15) is 23.9 Å². The van der Waals surface area contributed by atoms with Crippen LogP contribution in [0.25, 0.3) is 0 Å². The Morgan fingerprint density at radius 2 is 1.84 bits per heavy atom. The number of rotatable bonds is 7. The fourth-order valence-electron chi connectivity index (χ4n) is 3.73. The summed E-state index contributed by atoms with van der Waals surface area (Å²) in [5, 5.41) is 9.32.